The van der Waals surface area contributed by atoms with Gasteiger partial charge in [0.2, 0.25) is 5.13 Å². The largest absolute Gasteiger partial charge is 0.493 e. The summed E-state index contributed by atoms with van der Waals surface area (Å²) in [6.45, 7) is 2.48. The minimum atomic E-state index is -0.326. The van der Waals surface area contributed by atoms with Gasteiger partial charge in [-0.15, -0.1) is 10.2 Å². The van der Waals surface area contributed by atoms with E-state index in [1.54, 1.807) is 0 Å². The Labute approximate surface area is 152 Å². The highest BCUT2D eigenvalue weighted by atomic mass is 32.2. The molecule has 1 N–H and O–H groups in total. The molecule has 25 heavy (non-hydrogen) atoms. The van der Waals surface area contributed by atoms with Gasteiger partial charge in [0.1, 0.15) is 5.75 Å². The smallest absolute Gasteiger partial charge is 0.260 e. The molecule has 128 valence electrons. The maximum Gasteiger partial charge on any atom is 0.260 e. The summed E-state index contributed by atoms with van der Waals surface area (Å²) in [6, 6.07) is 7.59. The molecule has 0 radical (unpaired) electrons. The summed E-state index contributed by atoms with van der Waals surface area (Å²) in [5, 5.41) is 12.6. The number of ether oxygens (including phenoxy) is 1. The van der Waals surface area contributed by atoms with Crippen LogP contribution in [0.25, 0.3) is 10.6 Å². The van der Waals surface area contributed by atoms with Crippen molar-refractivity contribution in [3.63, 3.8) is 0 Å². The Kier molecular flexibility index (Phi) is 5.56. The lowest BCUT2D eigenvalue weighted by molar-refractivity contribution is 0.102. The molecule has 2 aromatic heterocycles. The van der Waals surface area contributed by atoms with Crippen LogP contribution in [0.15, 0.2) is 41.8 Å². The van der Waals surface area contributed by atoms with E-state index in [9.17, 15) is 4.79 Å². The number of thioether (sulfide) groups is 1. The Morgan fingerprint density at radius 1 is 1.24 bits per heavy atom. The van der Waals surface area contributed by atoms with Gasteiger partial charge >= 0.3 is 0 Å². The average Bonchev–Trinajstić information content (AvgIpc) is 3.11. The zero-order chi connectivity index (χ0) is 17.6. The fourth-order valence-corrected chi connectivity index (χ4v) is 3.10. The first-order valence-electron chi connectivity index (χ1n) is 7.44. The van der Waals surface area contributed by atoms with Gasteiger partial charge in [0, 0.05) is 12.4 Å². The van der Waals surface area contributed by atoms with Gasteiger partial charge in [-0.1, -0.05) is 35.2 Å². The predicted molar refractivity (Wildman–Crippen MR) is 98.3 cm³/mol. The van der Waals surface area contributed by atoms with Crippen molar-refractivity contribution in [2.75, 3.05) is 18.2 Å². The molecule has 0 saturated heterocycles. The van der Waals surface area contributed by atoms with Gasteiger partial charge in [-0.25, -0.2) is 9.97 Å². The molecule has 1 aromatic carbocycles. The van der Waals surface area contributed by atoms with Crippen molar-refractivity contribution in [2.45, 2.75) is 12.1 Å². The van der Waals surface area contributed by atoms with Gasteiger partial charge in [0.05, 0.1) is 17.7 Å². The average molecular weight is 373 g/mol. The summed E-state index contributed by atoms with van der Waals surface area (Å²) >= 11 is 2.69. The lowest BCUT2D eigenvalue weighted by Crippen LogP contribution is -2.12. The molecule has 0 aliphatic rings. The number of hydrogen-bond acceptors (Lipinski definition) is 8. The molecule has 0 aliphatic heterocycles. The van der Waals surface area contributed by atoms with E-state index in [4.69, 9.17) is 4.74 Å². The van der Waals surface area contributed by atoms with E-state index in [-0.39, 0.29) is 5.91 Å². The molecular formula is C16H15N5O2S2. The Balaban J connectivity index is 1.76. The maximum absolute atomic E-state index is 12.2. The van der Waals surface area contributed by atoms with Crippen molar-refractivity contribution in [3.05, 3.63) is 42.2 Å². The van der Waals surface area contributed by atoms with E-state index in [2.05, 4.69) is 25.5 Å². The van der Waals surface area contributed by atoms with Crippen LogP contribution < -0.4 is 10.1 Å². The van der Waals surface area contributed by atoms with Crippen molar-refractivity contribution >= 4 is 34.1 Å². The molecule has 9 heteroatoms. The van der Waals surface area contributed by atoms with Gasteiger partial charge in [-0.3, -0.25) is 10.1 Å². The van der Waals surface area contributed by atoms with Crippen LogP contribution in [0.5, 0.6) is 5.75 Å². The van der Waals surface area contributed by atoms with Crippen LogP contribution in [0.1, 0.15) is 17.3 Å². The standard InChI is InChI=1S/C16H15N5O2S2/c1-3-23-12-7-5-4-6-11(12)14-20-21-16(25-14)19-13(22)10-8-17-15(24-2)18-9-10/h4-9H,3H2,1-2H3,(H,19,21,22). The number of benzene rings is 1. The number of amides is 1. The molecule has 0 saturated carbocycles. The highest BCUT2D eigenvalue weighted by molar-refractivity contribution is 7.98. The van der Waals surface area contributed by atoms with Crippen LogP contribution in [0, 0.1) is 0 Å². The fourth-order valence-electron chi connectivity index (χ4n) is 2.02. The van der Waals surface area contributed by atoms with Crippen LogP contribution in [0.4, 0.5) is 5.13 Å². The SMILES string of the molecule is CCOc1ccccc1-c1nnc(NC(=O)c2cnc(SC)nc2)s1. The van der Waals surface area contributed by atoms with Gasteiger partial charge in [-0.2, -0.15) is 0 Å². The van der Waals surface area contributed by atoms with E-state index in [1.165, 1.54) is 35.5 Å². The van der Waals surface area contributed by atoms with Crippen LogP contribution in [0.2, 0.25) is 0 Å². The lowest BCUT2D eigenvalue weighted by Gasteiger charge is -2.06. The third-order valence-corrected chi connectivity index (χ3v) is 4.58. The molecule has 0 fully saturated rings. The van der Waals surface area contributed by atoms with Crippen LogP contribution in [-0.4, -0.2) is 38.9 Å². The van der Waals surface area contributed by atoms with Crippen LogP contribution in [-0.2, 0) is 0 Å². The number of nitrogens with zero attached hydrogens (tertiary/aromatic N) is 4. The Morgan fingerprint density at radius 3 is 2.72 bits per heavy atom. The fraction of sp³-hybridized carbons (Fsp3) is 0.188. The number of nitrogens with one attached hydrogen (secondary N) is 1. The summed E-state index contributed by atoms with van der Waals surface area (Å²) in [5.41, 5.74) is 1.21. The summed E-state index contributed by atoms with van der Waals surface area (Å²) < 4.78 is 5.61. The van der Waals surface area contributed by atoms with Crippen molar-refractivity contribution in [2.24, 2.45) is 0 Å². The zero-order valence-corrected chi connectivity index (χ0v) is 15.2. The first-order valence-corrected chi connectivity index (χ1v) is 9.48. The van der Waals surface area contributed by atoms with Crippen molar-refractivity contribution in [1.82, 2.24) is 20.2 Å². The lowest BCUT2D eigenvalue weighted by atomic mass is 10.2. The van der Waals surface area contributed by atoms with Crippen molar-refractivity contribution in [3.8, 4) is 16.3 Å². The summed E-state index contributed by atoms with van der Waals surface area (Å²) in [4.78, 5) is 20.4. The number of hydrogen-bond donors (Lipinski definition) is 1. The summed E-state index contributed by atoms with van der Waals surface area (Å²) in [7, 11) is 0. The van der Waals surface area contributed by atoms with Crippen molar-refractivity contribution in [1.29, 1.82) is 0 Å². The Bertz CT molecular complexity index is 867. The van der Waals surface area contributed by atoms with E-state index in [0.717, 1.165) is 11.3 Å². The monoisotopic (exact) mass is 373 g/mol. The number of carbonyl (C=O) groups excluding carboxylic acids is 1. The van der Waals surface area contributed by atoms with Gasteiger partial charge in [0.15, 0.2) is 10.2 Å². The molecule has 0 bridgehead atoms. The molecule has 2 heterocycles. The first kappa shape index (κ1) is 17.3. The molecule has 0 unspecified atom stereocenters. The second kappa shape index (κ2) is 8.04. The number of rotatable bonds is 6. The molecule has 1 amide bonds. The van der Waals surface area contributed by atoms with Crippen LogP contribution >= 0.6 is 23.1 Å². The Morgan fingerprint density at radius 2 is 2.00 bits per heavy atom. The van der Waals surface area contributed by atoms with E-state index >= 15 is 0 Å². The molecule has 0 spiro atoms. The van der Waals surface area contributed by atoms with E-state index < -0.39 is 0 Å². The third kappa shape index (κ3) is 4.12. The third-order valence-electron chi connectivity index (χ3n) is 3.14. The minimum Gasteiger partial charge on any atom is -0.493 e. The molecule has 0 atom stereocenters. The van der Waals surface area contributed by atoms with Gasteiger partial charge in [-0.05, 0) is 25.3 Å². The number of aromatic nitrogens is 4. The van der Waals surface area contributed by atoms with Gasteiger partial charge < -0.3 is 4.74 Å². The summed E-state index contributed by atoms with van der Waals surface area (Å²) in [5.74, 6) is 0.411. The quantitative estimate of drug-likeness (QED) is 0.523. The highest BCUT2D eigenvalue weighted by Gasteiger charge is 2.14. The molecule has 3 aromatic rings. The molecular weight excluding hydrogens is 358 g/mol. The molecule has 3 rings (SSSR count). The number of carbonyl (C=O) groups is 1. The Hall–Kier alpha value is -2.52. The first-order chi connectivity index (χ1) is 12.2. The minimum absolute atomic E-state index is 0.326. The predicted octanol–water partition coefficient (Wildman–Crippen LogP) is 3.37. The number of para-hydroxylation sites is 1. The maximum atomic E-state index is 12.2. The van der Waals surface area contributed by atoms with Crippen molar-refractivity contribution < 1.29 is 9.53 Å². The zero-order valence-electron chi connectivity index (χ0n) is 13.6. The van der Waals surface area contributed by atoms with E-state index in [1.807, 2.05) is 37.4 Å². The number of anilines is 1. The van der Waals surface area contributed by atoms with Crippen LogP contribution in [0.3, 0.4) is 0 Å². The van der Waals surface area contributed by atoms with E-state index in [0.29, 0.717) is 27.5 Å². The second-order valence-corrected chi connectivity index (χ2v) is 6.51. The second-order valence-electron chi connectivity index (χ2n) is 4.75. The topological polar surface area (TPSA) is 89.9 Å². The normalized spacial score (nSPS) is 10.5. The molecule has 0 aliphatic carbocycles. The highest BCUT2D eigenvalue weighted by Crippen LogP contribution is 2.33. The molecule has 7 nitrogen and oxygen atoms in total. The summed E-state index contributed by atoms with van der Waals surface area (Å²) in [6.07, 6.45) is 4.85. The van der Waals surface area contributed by atoms with Gasteiger partial charge in [0.25, 0.3) is 5.91 Å².